The zero-order chi connectivity index (χ0) is 22.7. The molecule has 1 heterocycles. The highest BCUT2D eigenvalue weighted by atomic mass is 32.2. The lowest BCUT2D eigenvalue weighted by Crippen LogP contribution is -2.29. The van der Waals surface area contributed by atoms with Crippen LogP contribution in [0.1, 0.15) is 15.9 Å². The zero-order valence-corrected chi connectivity index (χ0v) is 17.6. The van der Waals surface area contributed by atoms with Gasteiger partial charge in [-0.3, -0.25) is 9.10 Å². The molecule has 0 saturated heterocycles. The molecular formula is C23H19FN2O5S. The van der Waals surface area contributed by atoms with Gasteiger partial charge in [0.25, 0.3) is 15.9 Å². The van der Waals surface area contributed by atoms with Gasteiger partial charge in [-0.15, -0.1) is 0 Å². The van der Waals surface area contributed by atoms with Gasteiger partial charge >= 0.3 is 5.97 Å². The van der Waals surface area contributed by atoms with Crippen molar-refractivity contribution >= 4 is 33.3 Å². The van der Waals surface area contributed by atoms with Crippen molar-refractivity contribution in [1.82, 2.24) is 0 Å². The van der Waals surface area contributed by atoms with Gasteiger partial charge in [-0.05, 0) is 54.4 Å². The number of ether oxygens (including phenoxy) is 1. The van der Waals surface area contributed by atoms with E-state index in [-0.39, 0.29) is 16.1 Å². The van der Waals surface area contributed by atoms with E-state index < -0.39 is 34.3 Å². The Morgan fingerprint density at radius 3 is 2.59 bits per heavy atom. The first kappa shape index (κ1) is 21.5. The molecule has 0 aliphatic carbocycles. The van der Waals surface area contributed by atoms with Crippen LogP contribution in [0.4, 0.5) is 15.8 Å². The lowest BCUT2D eigenvalue weighted by Gasteiger charge is -2.19. The normalized spacial score (nSPS) is 12.8. The maximum atomic E-state index is 13.2. The zero-order valence-electron chi connectivity index (χ0n) is 16.8. The Bertz CT molecular complexity index is 1290. The lowest BCUT2D eigenvalue weighted by atomic mass is 10.2. The molecule has 0 atom stereocenters. The van der Waals surface area contributed by atoms with E-state index in [0.29, 0.717) is 18.7 Å². The third-order valence-electron chi connectivity index (χ3n) is 4.95. The van der Waals surface area contributed by atoms with Crippen molar-refractivity contribution in [1.29, 1.82) is 0 Å². The fourth-order valence-corrected chi connectivity index (χ4v) is 5.00. The predicted molar refractivity (Wildman–Crippen MR) is 116 cm³/mol. The molecule has 3 aromatic rings. The van der Waals surface area contributed by atoms with E-state index in [1.807, 2.05) is 12.1 Å². The maximum Gasteiger partial charge on any atom is 0.338 e. The molecule has 0 unspecified atom stereocenters. The van der Waals surface area contributed by atoms with Crippen LogP contribution in [-0.4, -0.2) is 33.4 Å². The Morgan fingerprint density at radius 1 is 1.00 bits per heavy atom. The number of para-hydroxylation sites is 1. The largest absolute Gasteiger partial charge is 0.452 e. The number of carbonyl (C=O) groups is 2. The summed E-state index contributed by atoms with van der Waals surface area (Å²) in [6.07, 6.45) is 0.609. The summed E-state index contributed by atoms with van der Waals surface area (Å²) >= 11 is 0. The molecule has 1 amide bonds. The molecule has 32 heavy (non-hydrogen) atoms. The van der Waals surface area contributed by atoms with E-state index in [1.54, 1.807) is 12.1 Å². The van der Waals surface area contributed by atoms with Crippen molar-refractivity contribution in [2.45, 2.75) is 11.3 Å². The summed E-state index contributed by atoms with van der Waals surface area (Å²) in [7, 11) is -3.87. The van der Waals surface area contributed by atoms with Gasteiger partial charge in [0.1, 0.15) is 5.82 Å². The Balaban J connectivity index is 1.44. The highest BCUT2D eigenvalue weighted by molar-refractivity contribution is 7.92. The first-order valence-electron chi connectivity index (χ1n) is 9.78. The number of fused-ring (bicyclic) bond motifs is 1. The number of benzene rings is 3. The Hall–Kier alpha value is -3.72. The van der Waals surface area contributed by atoms with Gasteiger partial charge < -0.3 is 10.1 Å². The Morgan fingerprint density at radius 2 is 1.78 bits per heavy atom. The third kappa shape index (κ3) is 4.47. The number of carbonyl (C=O) groups excluding carboxylic acids is 2. The van der Waals surface area contributed by atoms with E-state index >= 15 is 0 Å². The van der Waals surface area contributed by atoms with E-state index in [2.05, 4.69) is 5.32 Å². The number of anilines is 2. The SMILES string of the molecule is O=C(COC(=O)c1cccc(S(=O)(=O)N2CCc3ccccc32)c1)Nc1cccc(F)c1. The number of esters is 1. The number of hydrogen-bond acceptors (Lipinski definition) is 5. The highest BCUT2D eigenvalue weighted by Crippen LogP contribution is 2.32. The molecule has 1 aliphatic rings. The molecule has 0 fully saturated rings. The number of hydrogen-bond donors (Lipinski definition) is 1. The molecule has 9 heteroatoms. The summed E-state index contributed by atoms with van der Waals surface area (Å²) in [6.45, 7) is -0.289. The van der Waals surface area contributed by atoms with Gasteiger partial charge in [-0.2, -0.15) is 0 Å². The number of halogens is 1. The van der Waals surface area contributed by atoms with Crippen molar-refractivity contribution in [3.63, 3.8) is 0 Å². The molecule has 1 N–H and O–H groups in total. The van der Waals surface area contributed by atoms with E-state index in [4.69, 9.17) is 4.74 Å². The standard InChI is InChI=1S/C23H19FN2O5S/c24-18-7-4-8-19(14-18)25-22(27)15-31-23(28)17-6-3-9-20(13-17)32(29,30)26-12-11-16-5-1-2-10-21(16)26/h1-10,13-14H,11-12,15H2,(H,25,27). The number of amides is 1. The van der Waals surface area contributed by atoms with Crippen LogP contribution in [0.25, 0.3) is 0 Å². The number of nitrogens with zero attached hydrogens (tertiary/aromatic N) is 1. The van der Waals surface area contributed by atoms with Gasteiger partial charge in [0, 0.05) is 12.2 Å². The van der Waals surface area contributed by atoms with Crippen LogP contribution in [0.3, 0.4) is 0 Å². The predicted octanol–water partition coefficient (Wildman–Crippen LogP) is 3.37. The molecule has 0 aromatic heterocycles. The highest BCUT2D eigenvalue weighted by Gasteiger charge is 2.31. The minimum absolute atomic E-state index is 0.00267. The average Bonchev–Trinajstić information content (AvgIpc) is 3.23. The van der Waals surface area contributed by atoms with Crippen LogP contribution in [0, 0.1) is 5.82 Å². The second kappa shape index (κ2) is 8.80. The summed E-state index contributed by atoms with van der Waals surface area (Å²) in [5.41, 5.74) is 1.78. The molecular weight excluding hydrogens is 435 g/mol. The summed E-state index contributed by atoms with van der Waals surface area (Å²) < 4.78 is 45.8. The smallest absolute Gasteiger partial charge is 0.338 e. The molecule has 164 valence electrons. The molecule has 0 spiro atoms. The van der Waals surface area contributed by atoms with Crippen LogP contribution in [0.5, 0.6) is 0 Å². The van der Waals surface area contributed by atoms with Gasteiger partial charge in [0.2, 0.25) is 0 Å². The topological polar surface area (TPSA) is 92.8 Å². The third-order valence-corrected chi connectivity index (χ3v) is 6.75. The number of rotatable bonds is 6. The fraction of sp³-hybridized carbons (Fsp3) is 0.130. The minimum Gasteiger partial charge on any atom is -0.452 e. The fourth-order valence-electron chi connectivity index (χ4n) is 3.45. The number of sulfonamides is 1. The minimum atomic E-state index is -3.87. The second-order valence-corrected chi connectivity index (χ2v) is 8.98. The number of nitrogens with one attached hydrogen (secondary N) is 1. The molecule has 4 rings (SSSR count). The molecule has 3 aromatic carbocycles. The van der Waals surface area contributed by atoms with Gasteiger partial charge in [-0.1, -0.05) is 30.3 Å². The van der Waals surface area contributed by atoms with E-state index in [9.17, 15) is 22.4 Å². The first-order chi connectivity index (χ1) is 15.3. The van der Waals surface area contributed by atoms with Crippen molar-refractivity contribution in [3.8, 4) is 0 Å². The Kier molecular flexibility index (Phi) is 5.91. The van der Waals surface area contributed by atoms with Crippen LogP contribution in [0.15, 0.2) is 77.7 Å². The van der Waals surface area contributed by atoms with Crippen LogP contribution >= 0.6 is 0 Å². The Labute approximate surface area is 184 Å². The maximum absolute atomic E-state index is 13.2. The average molecular weight is 454 g/mol. The van der Waals surface area contributed by atoms with E-state index in [0.717, 1.165) is 11.6 Å². The van der Waals surface area contributed by atoms with Crippen molar-refractivity contribution in [2.24, 2.45) is 0 Å². The summed E-state index contributed by atoms with van der Waals surface area (Å²) in [6, 6.07) is 18.0. The molecule has 7 nitrogen and oxygen atoms in total. The van der Waals surface area contributed by atoms with Crippen molar-refractivity contribution in [2.75, 3.05) is 22.8 Å². The van der Waals surface area contributed by atoms with Crippen molar-refractivity contribution < 1.29 is 27.1 Å². The van der Waals surface area contributed by atoms with Crippen LogP contribution in [0.2, 0.25) is 0 Å². The summed E-state index contributed by atoms with van der Waals surface area (Å²) in [5, 5.41) is 2.41. The molecule has 1 aliphatic heterocycles. The lowest BCUT2D eigenvalue weighted by molar-refractivity contribution is -0.119. The molecule has 0 radical (unpaired) electrons. The van der Waals surface area contributed by atoms with Crippen LogP contribution in [-0.2, 0) is 26.0 Å². The monoisotopic (exact) mass is 454 g/mol. The van der Waals surface area contributed by atoms with Gasteiger partial charge in [-0.25, -0.2) is 17.6 Å². The molecule has 0 saturated carbocycles. The summed E-state index contributed by atoms with van der Waals surface area (Å²) in [5.74, 6) is -2.02. The van der Waals surface area contributed by atoms with Gasteiger partial charge in [0.05, 0.1) is 16.1 Å². The second-order valence-electron chi connectivity index (χ2n) is 7.12. The van der Waals surface area contributed by atoms with Crippen molar-refractivity contribution in [3.05, 3.63) is 89.7 Å². The quantitative estimate of drug-likeness (QED) is 0.577. The first-order valence-corrected chi connectivity index (χ1v) is 11.2. The summed E-state index contributed by atoms with van der Waals surface area (Å²) in [4.78, 5) is 24.3. The van der Waals surface area contributed by atoms with Gasteiger partial charge in [0.15, 0.2) is 6.61 Å². The van der Waals surface area contributed by atoms with E-state index in [1.165, 1.54) is 46.8 Å². The molecule has 0 bridgehead atoms. The van der Waals surface area contributed by atoms with Crippen LogP contribution < -0.4 is 9.62 Å².